The lowest BCUT2D eigenvalue weighted by molar-refractivity contribution is -0.140. The number of amides is 2. The molecule has 7 heteroatoms. The fourth-order valence-electron chi connectivity index (χ4n) is 6.61. The van der Waals surface area contributed by atoms with Crippen LogP contribution in [0.5, 0.6) is 5.75 Å². The Labute approximate surface area is 205 Å². The van der Waals surface area contributed by atoms with Gasteiger partial charge in [0.15, 0.2) is 0 Å². The Morgan fingerprint density at radius 1 is 0.943 bits per heavy atom. The largest absolute Gasteiger partial charge is 0.513 e. The second-order valence-corrected chi connectivity index (χ2v) is 10.3. The van der Waals surface area contributed by atoms with Gasteiger partial charge < -0.3 is 20.1 Å². The van der Waals surface area contributed by atoms with Crippen LogP contribution in [0.15, 0.2) is 48.5 Å². The zero-order valence-electron chi connectivity index (χ0n) is 20.0. The Balaban J connectivity index is 1.16. The number of anilines is 1. The number of carbonyl (C=O) groups excluding carboxylic acids is 3. The number of ether oxygens (including phenoxy) is 2. The lowest BCUT2D eigenvalue weighted by atomic mass is 9.49. The van der Waals surface area contributed by atoms with Gasteiger partial charge in [-0.3, -0.25) is 9.59 Å². The predicted octanol–water partition coefficient (Wildman–Crippen LogP) is 5.31. The fourth-order valence-corrected chi connectivity index (χ4v) is 6.61. The lowest BCUT2D eigenvalue weighted by Crippen LogP contribution is -2.51. The van der Waals surface area contributed by atoms with E-state index in [0.717, 1.165) is 48.3 Å². The zero-order valence-corrected chi connectivity index (χ0v) is 20.0. The smallest absolute Gasteiger partial charge is 0.434 e. The van der Waals surface area contributed by atoms with Crippen LogP contribution in [0.1, 0.15) is 61.4 Å². The van der Waals surface area contributed by atoms with E-state index >= 15 is 0 Å². The summed E-state index contributed by atoms with van der Waals surface area (Å²) >= 11 is 0. The second-order valence-electron chi connectivity index (χ2n) is 10.3. The molecular weight excluding hydrogens is 444 g/mol. The van der Waals surface area contributed by atoms with Gasteiger partial charge in [-0.25, -0.2) is 4.79 Å². The van der Waals surface area contributed by atoms with Crippen molar-refractivity contribution in [3.63, 3.8) is 0 Å². The van der Waals surface area contributed by atoms with Crippen molar-refractivity contribution in [1.82, 2.24) is 5.32 Å². The number of benzene rings is 2. The molecule has 0 unspecified atom stereocenters. The molecule has 4 aliphatic carbocycles. The fraction of sp³-hybridized carbons (Fsp3) is 0.464. The molecule has 0 atom stereocenters. The quantitative estimate of drug-likeness (QED) is 0.417. The molecule has 0 heterocycles. The highest BCUT2D eigenvalue weighted by molar-refractivity contribution is 5.96. The van der Waals surface area contributed by atoms with Crippen molar-refractivity contribution in [3.8, 4) is 5.75 Å². The van der Waals surface area contributed by atoms with Gasteiger partial charge in [-0.2, -0.15) is 0 Å². The summed E-state index contributed by atoms with van der Waals surface area (Å²) in [6.45, 7) is 2.26. The van der Waals surface area contributed by atoms with Gasteiger partial charge >= 0.3 is 6.16 Å². The third-order valence-corrected chi connectivity index (χ3v) is 7.74. The lowest BCUT2D eigenvalue weighted by Gasteiger charge is -2.55. The first-order valence-electron chi connectivity index (χ1n) is 12.6. The summed E-state index contributed by atoms with van der Waals surface area (Å²) in [7, 11) is 0. The molecule has 0 saturated heterocycles. The van der Waals surface area contributed by atoms with Gasteiger partial charge in [-0.05, 0) is 105 Å². The average Bonchev–Trinajstić information content (AvgIpc) is 2.82. The van der Waals surface area contributed by atoms with E-state index in [1.54, 1.807) is 31.2 Å². The highest BCUT2D eigenvalue weighted by atomic mass is 16.7. The van der Waals surface area contributed by atoms with Crippen molar-refractivity contribution in [2.75, 3.05) is 11.9 Å². The number of hydrogen-bond donors (Lipinski definition) is 2. The maximum absolute atomic E-state index is 13.3. The normalized spacial score (nSPS) is 26.1. The first-order chi connectivity index (χ1) is 16.9. The maximum Gasteiger partial charge on any atom is 0.513 e. The average molecular weight is 477 g/mol. The molecule has 35 heavy (non-hydrogen) atoms. The van der Waals surface area contributed by atoms with E-state index < -0.39 is 6.16 Å². The van der Waals surface area contributed by atoms with Crippen LogP contribution in [0.25, 0.3) is 0 Å². The molecule has 0 aromatic heterocycles. The predicted molar refractivity (Wildman–Crippen MR) is 131 cm³/mol. The van der Waals surface area contributed by atoms with Crippen molar-refractivity contribution >= 4 is 23.7 Å². The summed E-state index contributed by atoms with van der Waals surface area (Å²) in [6.07, 6.45) is 6.24. The van der Waals surface area contributed by atoms with Gasteiger partial charge in [0.1, 0.15) is 5.75 Å². The Morgan fingerprint density at radius 2 is 1.60 bits per heavy atom. The molecule has 0 spiro atoms. The van der Waals surface area contributed by atoms with E-state index in [0.29, 0.717) is 17.9 Å². The van der Waals surface area contributed by atoms with Crippen LogP contribution in [-0.4, -0.2) is 24.6 Å². The Hall–Kier alpha value is -3.35. The van der Waals surface area contributed by atoms with E-state index in [1.807, 2.05) is 24.3 Å². The third-order valence-electron chi connectivity index (χ3n) is 7.74. The molecule has 4 saturated carbocycles. The topological polar surface area (TPSA) is 93.7 Å². The summed E-state index contributed by atoms with van der Waals surface area (Å²) in [6, 6.07) is 13.9. The number of rotatable bonds is 7. The highest BCUT2D eigenvalue weighted by Gasteiger charge is 2.54. The van der Waals surface area contributed by atoms with Crippen LogP contribution in [0.2, 0.25) is 0 Å². The Kier molecular flexibility index (Phi) is 6.50. The first-order valence-corrected chi connectivity index (χ1v) is 12.6. The van der Waals surface area contributed by atoms with E-state index in [1.165, 1.54) is 19.3 Å². The number of carbonyl (C=O) groups is 3. The minimum atomic E-state index is -0.778. The minimum Gasteiger partial charge on any atom is -0.434 e. The molecule has 4 aliphatic rings. The Morgan fingerprint density at radius 3 is 2.23 bits per heavy atom. The Bertz CT molecular complexity index is 1080. The molecule has 184 valence electrons. The summed E-state index contributed by atoms with van der Waals surface area (Å²) in [4.78, 5) is 37.3. The van der Waals surface area contributed by atoms with Gasteiger partial charge in [0.25, 0.3) is 5.91 Å². The van der Waals surface area contributed by atoms with Crippen LogP contribution in [0, 0.1) is 23.2 Å². The van der Waals surface area contributed by atoms with Crippen LogP contribution in [0.4, 0.5) is 10.5 Å². The summed E-state index contributed by atoms with van der Waals surface area (Å²) in [5, 5.41) is 6.09. The molecule has 2 aromatic carbocycles. The van der Waals surface area contributed by atoms with Gasteiger partial charge in [0.2, 0.25) is 5.91 Å². The molecule has 2 aromatic rings. The zero-order chi connectivity index (χ0) is 24.4. The standard InChI is InChI=1S/C28H32N2O5/c1-2-34-27(33)35-24-8-6-22(7-9-24)25(31)29-17-18-4-3-5-23(13-18)30-26(32)28-14-19-10-20(15-28)12-21(11-19)16-28/h3-9,13,19-21H,2,10-12,14-17H2,1H3,(H,29,31)(H,30,32). The van der Waals surface area contributed by atoms with Crippen LogP contribution >= 0.6 is 0 Å². The van der Waals surface area contributed by atoms with Crippen molar-refractivity contribution < 1.29 is 23.9 Å². The van der Waals surface area contributed by atoms with Gasteiger partial charge in [-0.1, -0.05) is 12.1 Å². The molecule has 4 fully saturated rings. The molecule has 6 rings (SSSR count). The SMILES string of the molecule is CCOC(=O)Oc1ccc(C(=O)NCc2cccc(NC(=O)C34CC5CC(CC(C5)C3)C4)c2)cc1. The van der Waals surface area contributed by atoms with E-state index in [-0.39, 0.29) is 23.8 Å². The van der Waals surface area contributed by atoms with Gasteiger partial charge in [-0.15, -0.1) is 0 Å². The number of nitrogens with one attached hydrogen (secondary N) is 2. The summed E-state index contributed by atoms with van der Waals surface area (Å²) < 4.78 is 9.75. The van der Waals surface area contributed by atoms with Gasteiger partial charge in [0.05, 0.1) is 12.0 Å². The third kappa shape index (κ3) is 5.19. The minimum absolute atomic E-state index is 0.169. The molecule has 4 bridgehead atoms. The number of hydrogen-bond acceptors (Lipinski definition) is 5. The van der Waals surface area contributed by atoms with E-state index in [4.69, 9.17) is 9.47 Å². The monoisotopic (exact) mass is 476 g/mol. The van der Waals surface area contributed by atoms with Crippen LogP contribution < -0.4 is 15.4 Å². The van der Waals surface area contributed by atoms with Crippen LogP contribution in [-0.2, 0) is 16.1 Å². The molecular formula is C28H32N2O5. The summed E-state index contributed by atoms with van der Waals surface area (Å²) in [5.41, 5.74) is 1.94. The van der Waals surface area contributed by atoms with E-state index in [9.17, 15) is 14.4 Å². The molecule has 2 N–H and O–H groups in total. The first kappa shape index (κ1) is 23.4. The maximum atomic E-state index is 13.3. The summed E-state index contributed by atoms with van der Waals surface area (Å²) in [5.74, 6) is 2.40. The molecule has 0 radical (unpaired) electrons. The van der Waals surface area contributed by atoms with Crippen molar-refractivity contribution in [1.29, 1.82) is 0 Å². The molecule has 7 nitrogen and oxygen atoms in total. The van der Waals surface area contributed by atoms with E-state index in [2.05, 4.69) is 10.6 Å². The molecule has 2 amide bonds. The second kappa shape index (κ2) is 9.72. The van der Waals surface area contributed by atoms with Crippen LogP contribution in [0.3, 0.4) is 0 Å². The van der Waals surface area contributed by atoms with Crippen molar-refractivity contribution in [3.05, 3.63) is 59.7 Å². The highest BCUT2D eigenvalue weighted by Crippen LogP contribution is 2.60. The van der Waals surface area contributed by atoms with Gasteiger partial charge in [0, 0.05) is 17.8 Å². The van der Waals surface area contributed by atoms with Crippen molar-refractivity contribution in [2.45, 2.75) is 52.0 Å². The molecule has 0 aliphatic heterocycles. The van der Waals surface area contributed by atoms with Crippen molar-refractivity contribution in [2.24, 2.45) is 23.2 Å².